The number of rotatable bonds is 2. The quantitative estimate of drug-likeness (QED) is 0.665. The fourth-order valence-electron chi connectivity index (χ4n) is 1.88. The van der Waals surface area contributed by atoms with Gasteiger partial charge in [-0.3, -0.25) is 4.79 Å². The van der Waals surface area contributed by atoms with Gasteiger partial charge in [-0.15, -0.1) is 0 Å². The van der Waals surface area contributed by atoms with E-state index >= 15 is 0 Å². The maximum Gasteiger partial charge on any atom is 0.185 e. The van der Waals surface area contributed by atoms with Gasteiger partial charge in [0.1, 0.15) is 0 Å². The fourth-order valence-corrected chi connectivity index (χ4v) is 1.88. The molecule has 0 aromatic rings. The Balaban J connectivity index is 2.42. The summed E-state index contributed by atoms with van der Waals surface area (Å²) in [5.41, 5.74) is 4.16. The molecule has 0 saturated carbocycles. The van der Waals surface area contributed by atoms with E-state index in [2.05, 4.69) is 19.7 Å². The van der Waals surface area contributed by atoms with E-state index in [1.165, 1.54) is 6.08 Å². The fraction of sp³-hybridized carbons (Fsp3) is 0. The molecule has 2 rings (SSSR count). The highest BCUT2D eigenvalue weighted by molar-refractivity contribution is 6.09. The van der Waals surface area contributed by atoms with Crippen LogP contribution in [0.25, 0.3) is 0 Å². The summed E-state index contributed by atoms with van der Waals surface area (Å²) in [6.07, 6.45) is 14.7. The first kappa shape index (κ1) is 12.1. The molecule has 0 spiro atoms. The Labute approximate surface area is 107 Å². The molecule has 0 aliphatic heterocycles. The normalized spacial score (nSPS) is 19.1. The van der Waals surface area contributed by atoms with Crippen LogP contribution in [0.1, 0.15) is 0 Å². The van der Waals surface area contributed by atoms with Crippen LogP contribution in [0.15, 0.2) is 96.2 Å². The van der Waals surface area contributed by atoms with E-state index in [1.54, 1.807) is 12.2 Å². The minimum atomic E-state index is -0.0476. The molecule has 0 atom stereocenters. The number of hydrogen-bond acceptors (Lipinski definition) is 1. The molecular formula is C17H14O. The molecule has 0 amide bonds. The molecule has 0 N–H and O–H groups in total. The summed E-state index contributed by atoms with van der Waals surface area (Å²) in [5.74, 6) is -0.0476. The van der Waals surface area contributed by atoms with Crippen LogP contribution in [0.3, 0.4) is 0 Å². The van der Waals surface area contributed by atoms with Gasteiger partial charge in [-0.2, -0.15) is 0 Å². The van der Waals surface area contributed by atoms with Crippen molar-refractivity contribution in [2.45, 2.75) is 0 Å². The molecule has 0 saturated heterocycles. The van der Waals surface area contributed by atoms with Gasteiger partial charge in [-0.25, -0.2) is 0 Å². The van der Waals surface area contributed by atoms with Crippen LogP contribution in [-0.4, -0.2) is 5.78 Å². The third-order valence-electron chi connectivity index (χ3n) is 2.92. The summed E-state index contributed by atoms with van der Waals surface area (Å²) < 4.78 is 0. The van der Waals surface area contributed by atoms with Crippen LogP contribution in [0.4, 0.5) is 0 Å². The molecule has 0 aromatic carbocycles. The van der Waals surface area contributed by atoms with E-state index in [9.17, 15) is 4.79 Å². The van der Waals surface area contributed by atoms with E-state index in [0.29, 0.717) is 5.57 Å². The zero-order valence-electron chi connectivity index (χ0n) is 10.1. The molecule has 0 unspecified atom stereocenters. The van der Waals surface area contributed by atoms with E-state index < -0.39 is 0 Å². The third-order valence-corrected chi connectivity index (χ3v) is 2.92. The van der Waals surface area contributed by atoms with Crippen LogP contribution in [0, 0.1) is 0 Å². The highest BCUT2D eigenvalue weighted by Gasteiger charge is 2.15. The number of allylic oxidation sites excluding steroid dienone is 13. The largest absolute Gasteiger partial charge is 0.289 e. The van der Waals surface area contributed by atoms with Crippen molar-refractivity contribution >= 4 is 5.78 Å². The standard InChI is InChI=1S/C17H14O/c1-4-14-7-5-8-15(11-12(14)2)16-9-6-10-17(18)13(16)3/h4-11H,1-3H2. The van der Waals surface area contributed by atoms with Crippen molar-refractivity contribution in [3.8, 4) is 0 Å². The van der Waals surface area contributed by atoms with Crippen molar-refractivity contribution in [2.24, 2.45) is 0 Å². The first-order valence-corrected chi connectivity index (χ1v) is 5.67. The van der Waals surface area contributed by atoms with Crippen LogP contribution in [0.2, 0.25) is 0 Å². The lowest BCUT2D eigenvalue weighted by Gasteiger charge is -2.12. The first-order chi connectivity index (χ1) is 8.63. The number of hydrogen-bond donors (Lipinski definition) is 0. The lowest BCUT2D eigenvalue weighted by Crippen LogP contribution is -2.05. The van der Waals surface area contributed by atoms with Crippen LogP contribution in [-0.2, 0) is 4.79 Å². The van der Waals surface area contributed by atoms with E-state index in [1.807, 2.05) is 30.4 Å². The molecule has 18 heavy (non-hydrogen) atoms. The number of carbonyl (C=O) groups is 1. The smallest absolute Gasteiger partial charge is 0.185 e. The number of ketones is 1. The maximum absolute atomic E-state index is 11.6. The highest BCUT2D eigenvalue weighted by Crippen LogP contribution is 2.27. The van der Waals surface area contributed by atoms with Gasteiger partial charge >= 0.3 is 0 Å². The molecule has 0 aromatic heterocycles. The summed E-state index contributed by atoms with van der Waals surface area (Å²) in [5, 5.41) is 0. The Hall–Kier alpha value is -2.41. The van der Waals surface area contributed by atoms with Crippen molar-refractivity contribution in [3.63, 3.8) is 0 Å². The highest BCUT2D eigenvalue weighted by atomic mass is 16.1. The summed E-state index contributed by atoms with van der Waals surface area (Å²) in [6.45, 7) is 11.6. The first-order valence-electron chi connectivity index (χ1n) is 5.67. The van der Waals surface area contributed by atoms with Gasteiger partial charge in [0.05, 0.1) is 0 Å². The Kier molecular flexibility index (Phi) is 3.24. The average Bonchev–Trinajstić information content (AvgIpc) is 2.54. The second-order valence-corrected chi connectivity index (χ2v) is 4.09. The second kappa shape index (κ2) is 4.84. The molecule has 0 bridgehead atoms. The molecule has 0 heterocycles. The maximum atomic E-state index is 11.6. The molecule has 0 radical (unpaired) electrons. The second-order valence-electron chi connectivity index (χ2n) is 4.09. The summed E-state index contributed by atoms with van der Waals surface area (Å²) >= 11 is 0. The SMILES string of the molecule is C=CC1=CC=CC(C2=CC=CC(=O)C2=C)=CC1=C. The van der Waals surface area contributed by atoms with Gasteiger partial charge in [-0.1, -0.05) is 56.2 Å². The minimum absolute atomic E-state index is 0.0476. The monoisotopic (exact) mass is 234 g/mol. The molecule has 1 nitrogen and oxygen atoms in total. The zero-order chi connectivity index (χ0) is 13.1. The van der Waals surface area contributed by atoms with Crippen molar-refractivity contribution in [2.75, 3.05) is 0 Å². The molecule has 2 aliphatic carbocycles. The van der Waals surface area contributed by atoms with Crippen molar-refractivity contribution < 1.29 is 4.79 Å². The van der Waals surface area contributed by atoms with Gasteiger partial charge in [0.2, 0.25) is 0 Å². The average molecular weight is 234 g/mol. The zero-order valence-corrected chi connectivity index (χ0v) is 10.1. The van der Waals surface area contributed by atoms with Crippen LogP contribution in [0.5, 0.6) is 0 Å². The van der Waals surface area contributed by atoms with E-state index in [-0.39, 0.29) is 5.78 Å². The molecule has 0 fully saturated rings. The van der Waals surface area contributed by atoms with Crippen molar-refractivity contribution in [3.05, 3.63) is 96.2 Å². The van der Waals surface area contributed by atoms with Crippen molar-refractivity contribution in [1.82, 2.24) is 0 Å². The number of carbonyl (C=O) groups excluding carboxylic acids is 1. The predicted octanol–water partition coefficient (Wildman–Crippen LogP) is 3.77. The Bertz CT molecular complexity index is 602. The lowest BCUT2D eigenvalue weighted by molar-refractivity contribution is -0.111. The Morgan fingerprint density at radius 1 is 1.06 bits per heavy atom. The van der Waals surface area contributed by atoms with Gasteiger partial charge in [0, 0.05) is 5.57 Å². The summed E-state index contributed by atoms with van der Waals surface area (Å²) in [4.78, 5) is 11.6. The van der Waals surface area contributed by atoms with E-state index in [4.69, 9.17) is 0 Å². The van der Waals surface area contributed by atoms with Gasteiger partial charge in [0.15, 0.2) is 5.78 Å². The predicted molar refractivity (Wildman–Crippen MR) is 76.0 cm³/mol. The minimum Gasteiger partial charge on any atom is -0.289 e. The summed E-state index contributed by atoms with van der Waals surface area (Å²) in [6, 6.07) is 0. The summed E-state index contributed by atoms with van der Waals surface area (Å²) in [7, 11) is 0. The van der Waals surface area contributed by atoms with Crippen LogP contribution < -0.4 is 0 Å². The van der Waals surface area contributed by atoms with Gasteiger partial charge in [0.25, 0.3) is 0 Å². The lowest BCUT2D eigenvalue weighted by atomic mass is 9.91. The topological polar surface area (TPSA) is 17.1 Å². The van der Waals surface area contributed by atoms with Gasteiger partial charge < -0.3 is 0 Å². The van der Waals surface area contributed by atoms with Crippen molar-refractivity contribution in [1.29, 1.82) is 0 Å². The molecule has 2 aliphatic rings. The van der Waals surface area contributed by atoms with Crippen LogP contribution >= 0.6 is 0 Å². The van der Waals surface area contributed by atoms with Gasteiger partial charge in [-0.05, 0) is 34.4 Å². The molecule has 88 valence electrons. The third kappa shape index (κ3) is 2.16. The molecular weight excluding hydrogens is 220 g/mol. The Morgan fingerprint density at radius 3 is 2.50 bits per heavy atom. The molecule has 1 heteroatoms. The van der Waals surface area contributed by atoms with E-state index in [0.717, 1.165) is 22.3 Å². The Morgan fingerprint density at radius 2 is 1.78 bits per heavy atom.